The lowest BCUT2D eigenvalue weighted by molar-refractivity contribution is 0.737. The minimum Gasteiger partial charge on any atom is -0.252 e. The summed E-state index contributed by atoms with van der Waals surface area (Å²) in [6.07, 6.45) is 2.60. The fourth-order valence-corrected chi connectivity index (χ4v) is 12.7. The number of hydrogen-bond donors (Lipinski definition) is 0. The van der Waals surface area contributed by atoms with Crippen molar-refractivity contribution < 1.29 is 0 Å². The van der Waals surface area contributed by atoms with Gasteiger partial charge in [-0.05, 0) is 37.1 Å². The van der Waals surface area contributed by atoms with E-state index in [4.69, 9.17) is 0 Å². The summed E-state index contributed by atoms with van der Waals surface area (Å²) in [6, 6.07) is 33.5. The highest BCUT2D eigenvalue weighted by molar-refractivity contribution is 7.81. The minimum absolute atomic E-state index is 0.271. The van der Waals surface area contributed by atoms with Crippen LogP contribution in [0.5, 0.6) is 0 Å². The van der Waals surface area contributed by atoms with Crippen LogP contribution in [0.4, 0.5) is 0 Å². The van der Waals surface area contributed by atoms with E-state index in [0.717, 1.165) is 6.54 Å². The average molecular weight is 423 g/mol. The normalized spacial score (nSPS) is 22.1. The zero-order valence-electron chi connectivity index (χ0n) is 16.4. The van der Waals surface area contributed by atoms with E-state index in [9.17, 15) is 0 Å². The summed E-state index contributed by atoms with van der Waals surface area (Å²) in [4.78, 5) is 0. The van der Waals surface area contributed by atoms with Gasteiger partial charge in [0.05, 0.1) is 0 Å². The monoisotopic (exact) mass is 423 g/mol. The van der Waals surface area contributed by atoms with Gasteiger partial charge in [-0.15, -0.1) is 9.24 Å². The highest BCUT2D eigenvalue weighted by Gasteiger charge is 2.41. The molecule has 4 atom stereocenters. The highest BCUT2D eigenvalue weighted by Crippen LogP contribution is 2.72. The maximum atomic E-state index is 3.20. The predicted molar refractivity (Wildman–Crippen MR) is 130 cm³/mol. The maximum Gasteiger partial charge on any atom is 0.0318 e. The Hall–Kier alpha value is -1.09. The van der Waals surface area contributed by atoms with E-state index < -0.39 is 8.07 Å². The molecule has 0 radical (unpaired) electrons. The molecule has 3 aromatic rings. The number of hydrogen-bond acceptors (Lipinski definition) is 1. The Morgan fingerprint density at radius 1 is 0.821 bits per heavy atom. The fourth-order valence-electron chi connectivity index (χ4n) is 4.11. The van der Waals surface area contributed by atoms with Crippen molar-refractivity contribution in [3.8, 4) is 0 Å². The number of benzene rings is 3. The van der Waals surface area contributed by atoms with Crippen LogP contribution in [-0.2, 0) is 0 Å². The maximum absolute atomic E-state index is 3.20. The summed E-state index contributed by atoms with van der Waals surface area (Å²) in [7, 11) is 2.41. The van der Waals surface area contributed by atoms with Crippen LogP contribution < -0.4 is 10.6 Å². The average Bonchev–Trinajstić information content (AvgIpc) is 3.15. The summed E-state index contributed by atoms with van der Waals surface area (Å²) in [5.74, 6) is 0. The van der Waals surface area contributed by atoms with Crippen molar-refractivity contribution >= 4 is 36.0 Å². The lowest BCUT2D eigenvalue weighted by Gasteiger charge is -2.41. The molecule has 3 aromatic carbocycles. The van der Waals surface area contributed by atoms with Crippen LogP contribution >= 0.6 is 25.4 Å². The summed E-state index contributed by atoms with van der Waals surface area (Å²) in [5.41, 5.74) is 2.18. The molecule has 0 bridgehead atoms. The van der Waals surface area contributed by atoms with Crippen molar-refractivity contribution in [3.63, 3.8) is 0 Å². The van der Waals surface area contributed by atoms with Gasteiger partial charge in [0.15, 0.2) is 0 Å². The van der Waals surface area contributed by atoms with Gasteiger partial charge in [0.25, 0.3) is 0 Å². The van der Waals surface area contributed by atoms with E-state index in [0.29, 0.717) is 11.1 Å². The Balaban J connectivity index is 1.77. The second kappa shape index (κ2) is 9.61. The lowest BCUT2D eigenvalue weighted by atomic mass is 10.1. The third-order valence-corrected chi connectivity index (χ3v) is 13.0. The SMILES string of the molecule is CCN(P(c1ccccc1)c1ccccc1)P1[C@@H](c2ccccc2)CC[C@@H]1P. The molecule has 4 heteroatoms. The number of rotatable bonds is 6. The smallest absolute Gasteiger partial charge is 0.0318 e. The van der Waals surface area contributed by atoms with Gasteiger partial charge in [-0.3, -0.25) is 4.44 Å². The van der Waals surface area contributed by atoms with Gasteiger partial charge in [0.1, 0.15) is 0 Å². The van der Waals surface area contributed by atoms with Crippen LogP contribution in [0.2, 0.25) is 0 Å². The van der Waals surface area contributed by atoms with Gasteiger partial charge in [-0.25, -0.2) is 0 Å². The van der Waals surface area contributed by atoms with E-state index in [1.807, 2.05) is 0 Å². The quantitative estimate of drug-likeness (QED) is 0.410. The first-order valence-electron chi connectivity index (χ1n) is 10.1. The zero-order valence-corrected chi connectivity index (χ0v) is 19.3. The Morgan fingerprint density at radius 3 is 1.82 bits per heavy atom. The van der Waals surface area contributed by atoms with E-state index in [-0.39, 0.29) is 8.07 Å². The first-order valence-corrected chi connectivity index (χ1v) is 13.5. The van der Waals surface area contributed by atoms with Crippen molar-refractivity contribution in [3.05, 3.63) is 96.6 Å². The molecule has 1 saturated heterocycles. The van der Waals surface area contributed by atoms with Gasteiger partial charge in [-0.2, -0.15) is 0 Å². The molecule has 28 heavy (non-hydrogen) atoms. The molecule has 1 heterocycles. The largest absolute Gasteiger partial charge is 0.252 e. The van der Waals surface area contributed by atoms with Gasteiger partial charge in [0, 0.05) is 25.7 Å². The van der Waals surface area contributed by atoms with Crippen molar-refractivity contribution in [2.45, 2.75) is 30.8 Å². The van der Waals surface area contributed by atoms with Crippen molar-refractivity contribution in [2.24, 2.45) is 0 Å². The van der Waals surface area contributed by atoms with Crippen LogP contribution in [0.15, 0.2) is 91.0 Å². The molecule has 0 aliphatic carbocycles. The zero-order chi connectivity index (χ0) is 19.3. The molecule has 1 fully saturated rings. The Labute approximate surface area is 174 Å². The molecule has 1 nitrogen and oxygen atoms in total. The van der Waals surface area contributed by atoms with Crippen molar-refractivity contribution in [1.82, 2.24) is 4.44 Å². The van der Waals surface area contributed by atoms with Crippen molar-refractivity contribution in [1.29, 1.82) is 0 Å². The van der Waals surface area contributed by atoms with Crippen molar-refractivity contribution in [2.75, 3.05) is 6.54 Å². The van der Waals surface area contributed by atoms with Gasteiger partial charge < -0.3 is 0 Å². The molecule has 4 rings (SSSR count). The standard InChI is InChI=1S/C24H28NP3/c1-2-25(28-23(18-19-24(28)26)20-12-6-3-7-13-20)27(21-14-8-4-9-15-21)22-16-10-5-11-17-22/h3-17,23-24H,2,18-19,26H2,1H3/t23-,24-,28?/m1/s1. The van der Waals surface area contributed by atoms with Crippen LogP contribution in [-0.4, -0.2) is 16.4 Å². The summed E-state index contributed by atoms with van der Waals surface area (Å²) in [6.45, 7) is 3.44. The molecule has 0 spiro atoms. The molecular formula is C24H28NP3. The molecule has 1 aliphatic rings. The van der Waals surface area contributed by atoms with Gasteiger partial charge in [-0.1, -0.05) is 97.9 Å². The topological polar surface area (TPSA) is 3.24 Å². The first-order chi connectivity index (χ1) is 13.8. The molecular weight excluding hydrogens is 395 g/mol. The summed E-state index contributed by atoms with van der Waals surface area (Å²) < 4.78 is 2.87. The fraction of sp³-hybridized carbons (Fsp3) is 0.250. The Kier molecular flexibility index (Phi) is 6.93. The van der Waals surface area contributed by atoms with E-state index in [2.05, 4.69) is 112 Å². The molecule has 2 unspecified atom stereocenters. The molecule has 0 saturated carbocycles. The highest BCUT2D eigenvalue weighted by atomic mass is 31.2. The van der Waals surface area contributed by atoms with Crippen LogP contribution in [0.25, 0.3) is 0 Å². The molecule has 0 aromatic heterocycles. The first kappa shape index (κ1) is 20.2. The van der Waals surface area contributed by atoms with Gasteiger partial charge in [0.2, 0.25) is 0 Å². The summed E-state index contributed by atoms with van der Waals surface area (Å²) in [5, 5.41) is 3.62. The molecule has 144 valence electrons. The molecule has 0 amide bonds. The van der Waals surface area contributed by atoms with E-state index >= 15 is 0 Å². The van der Waals surface area contributed by atoms with Gasteiger partial charge >= 0.3 is 0 Å². The molecule has 1 aliphatic heterocycles. The minimum atomic E-state index is -0.520. The lowest BCUT2D eigenvalue weighted by Crippen LogP contribution is -2.27. The van der Waals surface area contributed by atoms with Crippen LogP contribution in [0.3, 0.4) is 0 Å². The van der Waals surface area contributed by atoms with Crippen LogP contribution in [0.1, 0.15) is 31.0 Å². The van der Waals surface area contributed by atoms with E-state index in [1.165, 1.54) is 29.0 Å². The Bertz CT molecular complexity index is 817. The Morgan fingerprint density at radius 2 is 1.32 bits per heavy atom. The molecule has 0 N–H and O–H groups in total. The second-order valence-corrected chi connectivity index (χ2v) is 13.5. The third kappa shape index (κ3) is 4.25. The second-order valence-electron chi connectivity index (χ2n) is 7.12. The number of nitrogens with zero attached hydrogens (tertiary/aromatic N) is 1. The summed E-state index contributed by atoms with van der Waals surface area (Å²) >= 11 is 0. The third-order valence-electron chi connectivity index (χ3n) is 5.36. The van der Waals surface area contributed by atoms with E-state index in [1.54, 1.807) is 0 Å². The predicted octanol–water partition coefficient (Wildman–Crippen LogP) is 6.49. The van der Waals surface area contributed by atoms with Crippen LogP contribution in [0, 0.1) is 0 Å².